The van der Waals surface area contributed by atoms with Crippen molar-refractivity contribution in [3.05, 3.63) is 172 Å². The summed E-state index contributed by atoms with van der Waals surface area (Å²) in [4.78, 5) is 45.9. The van der Waals surface area contributed by atoms with Crippen LogP contribution in [0.2, 0.25) is 0 Å². The summed E-state index contributed by atoms with van der Waals surface area (Å²) >= 11 is 2.79. The molecule has 0 aliphatic carbocycles. The molecule has 0 aliphatic rings. The van der Waals surface area contributed by atoms with Crippen molar-refractivity contribution in [2.75, 3.05) is 10.6 Å². The van der Waals surface area contributed by atoms with Gasteiger partial charge in [-0.15, -0.1) is 23.1 Å². The van der Waals surface area contributed by atoms with Crippen LogP contribution >= 0.6 is 23.1 Å². The Kier molecular flexibility index (Phi) is 11.8. The van der Waals surface area contributed by atoms with Crippen LogP contribution in [0.25, 0.3) is 17.3 Å². The van der Waals surface area contributed by atoms with E-state index in [9.17, 15) is 14.4 Å². The lowest BCUT2D eigenvalue weighted by molar-refractivity contribution is -0.116. The second kappa shape index (κ2) is 17.0. The van der Waals surface area contributed by atoms with Crippen molar-refractivity contribution in [1.29, 1.82) is 0 Å². The molecule has 0 bridgehead atoms. The summed E-state index contributed by atoms with van der Waals surface area (Å²) in [5.74, 6) is -0.675. The molecule has 7 nitrogen and oxygen atoms in total. The Labute approximate surface area is 312 Å². The fraction of sp³-hybridized carbons (Fsp3) is 0.116. The number of carbonyl (C=O) groups is 3. The van der Waals surface area contributed by atoms with Gasteiger partial charge in [-0.25, -0.2) is 4.98 Å². The molecule has 0 saturated heterocycles. The zero-order chi connectivity index (χ0) is 36.5. The Morgan fingerprint density at radius 3 is 2.04 bits per heavy atom. The summed E-state index contributed by atoms with van der Waals surface area (Å²) < 4.78 is 0. The highest BCUT2D eigenvalue weighted by molar-refractivity contribution is 8.00. The summed E-state index contributed by atoms with van der Waals surface area (Å²) in [6.45, 7) is 6.28. The van der Waals surface area contributed by atoms with E-state index >= 15 is 0 Å². The van der Waals surface area contributed by atoms with Gasteiger partial charge in [-0.3, -0.25) is 14.4 Å². The van der Waals surface area contributed by atoms with E-state index in [1.165, 1.54) is 34.2 Å². The number of nitrogens with one attached hydrogen (secondary N) is 3. The van der Waals surface area contributed by atoms with Crippen LogP contribution in [0, 0.1) is 6.92 Å². The van der Waals surface area contributed by atoms with E-state index in [4.69, 9.17) is 0 Å². The molecular formula is C43H38N4O3S2. The molecule has 1 atom stereocenters. The van der Waals surface area contributed by atoms with Crippen LogP contribution in [0.15, 0.2) is 149 Å². The van der Waals surface area contributed by atoms with Gasteiger partial charge in [0.05, 0.1) is 5.69 Å². The van der Waals surface area contributed by atoms with E-state index in [1.54, 1.807) is 42.5 Å². The summed E-state index contributed by atoms with van der Waals surface area (Å²) in [6.07, 6.45) is 1.67. The van der Waals surface area contributed by atoms with Gasteiger partial charge in [0.25, 0.3) is 11.8 Å². The van der Waals surface area contributed by atoms with Gasteiger partial charge in [0.1, 0.15) is 10.9 Å². The maximum atomic E-state index is 13.7. The Morgan fingerprint density at radius 2 is 1.38 bits per heavy atom. The average Bonchev–Trinajstić information content (AvgIpc) is 3.63. The largest absolute Gasteiger partial charge is 0.321 e. The predicted molar refractivity (Wildman–Crippen MR) is 213 cm³/mol. The molecule has 1 aromatic heterocycles. The molecule has 0 saturated carbocycles. The van der Waals surface area contributed by atoms with E-state index < -0.39 is 11.2 Å². The van der Waals surface area contributed by atoms with Crippen molar-refractivity contribution in [1.82, 2.24) is 10.3 Å². The SMILES string of the molecule is Cc1ccc(-c2csc(NC(=O)C(Sc3ccc(NC(=O)/C(=C/c4ccc(C(C)C)cc4)NC(=O)c4ccccc4)cc3)c3ccccc3)n2)cc1. The standard InChI is InChI=1S/C43H38N4O3S2/c1-28(2)31-20-16-30(17-21-31)26-37(45-40(48)34-12-8-5-9-13-34)41(49)44-35-22-24-36(25-23-35)52-39(33-10-6-4-7-11-33)42(50)47-43-46-38(27-51-43)32-18-14-29(3)15-19-32/h4-28,39H,1-3H3,(H,44,49)(H,45,48)(H,46,47,50)/b37-26-. The quantitative estimate of drug-likeness (QED) is 0.0863. The third-order valence-electron chi connectivity index (χ3n) is 8.23. The lowest BCUT2D eigenvalue weighted by atomic mass is 10.0. The minimum Gasteiger partial charge on any atom is -0.321 e. The zero-order valence-corrected chi connectivity index (χ0v) is 30.6. The lowest BCUT2D eigenvalue weighted by Gasteiger charge is -2.17. The molecule has 0 aliphatic heterocycles. The van der Waals surface area contributed by atoms with Crippen molar-refractivity contribution in [3.63, 3.8) is 0 Å². The van der Waals surface area contributed by atoms with Crippen LogP contribution in [0.1, 0.15) is 57.6 Å². The predicted octanol–water partition coefficient (Wildman–Crippen LogP) is 10.1. The van der Waals surface area contributed by atoms with E-state index in [0.717, 1.165) is 27.3 Å². The first kappa shape index (κ1) is 36.0. The molecule has 1 heterocycles. The van der Waals surface area contributed by atoms with E-state index in [-0.39, 0.29) is 17.5 Å². The van der Waals surface area contributed by atoms with Crippen LogP contribution in [0.3, 0.4) is 0 Å². The minimum atomic E-state index is -0.557. The van der Waals surface area contributed by atoms with Crippen molar-refractivity contribution in [2.45, 2.75) is 36.8 Å². The van der Waals surface area contributed by atoms with E-state index in [0.29, 0.717) is 22.3 Å². The third-order valence-corrected chi connectivity index (χ3v) is 10.3. The Morgan fingerprint density at radius 1 is 0.731 bits per heavy atom. The highest BCUT2D eigenvalue weighted by atomic mass is 32.2. The highest BCUT2D eigenvalue weighted by Gasteiger charge is 2.24. The van der Waals surface area contributed by atoms with Crippen LogP contribution < -0.4 is 16.0 Å². The number of aromatic nitrogens is 1. The van der Waals surface area contributed by atoms with Gasteiger partial charge < -0.3 is 16.0 Å². The van der Waals surface area contributed by atoms with Gasteiger partial charge >= 0.3 is 0 Å². The summed E-state index contributed by atoms with van der Waals surface area (Å²) in [7, 11) is 0. The second-order valence-corrected chi connectivity index (χ2v) is 14.5. The minimum absolute atomic E-state index is 0.109. The first-order chi connectivity index (χ1) is 25.2. The third kappa shape index (κ3) is 9.51. The molecule has 0 radical (unpaired) electrons. The Balaban J connectivity index is 1.17. The van der Waals surface area contributed by atoms with E-state index in [1.807, 2.05) is 109 Å². The number of hydrogen-bond donors (Lipinski definition) is 3. The fourth-order valence-electron chi connectivity index (χ4n) is 5.30. The van der Waals surface area contributed by atoms with Gasteiger partial charge in [-0.1, -0.05) is 116 Å². The topological polar surface area (TPSA) is 100 Å². The molecule has 0 fully saturated rings. The van der Waals surface area contributed by atoms with Crippen LogP contribution in [0.4, 0.5) is 10.8 Å². The van der Waals surface area contributed by atoms with Gasteiger partial charge in [0.15, 0.2) is 5.13 Å². The van der Waals surface area contributed by atoms with Crippen molar-refractivity contribution >= 4 is 57.7 Å². The number of benzene rings is 5. The Hall–Kier alpha value is -5.77. The number of thioether (sulfide) groups is 1. The summed E-state index contributed by atoms with van der Waals surface area (Å²) in [5, 5.41) is 10.6. The highest BCUT2D eigenvalue weighted by Crippen LogP contribution is 2.37. The summed E-state index contributed by atoms with van der Waals surface area (Å²) in [5.41, 5.74) is 6.87. The van der Waals surface area contributed by atoms with Crippen molar-refractivity contribution in [2.24, 2.45) is 0 Å². The van der Waals surface area contributed by atoms with E-state index in [2.05, 4.69) is 34.8 Å². The number of nitrogens with zero attached hydrogens (tertiary/aromatic N) is 1. The van der Waals surface area contributed by atoms with Gasteiger partial charge in [0, 0.05) is 27.1 Å². The molecule has 6 rings (SSSR count). The van der Waals surface area contributed by atoms with Crippen LogP contribution in [-0.2, 0) is 9.59 Å². The molecule has 3 amide bonds. The number of aryl methyl sites for hydroxylation is 1. The monoisotopic (exact) mass is 722 g/mol. The maximum absolute atomic E-state index is 13.7. The molecule has 3 N–H and O–H groups in total. The molecule has 52 heavy (non-hydrogen) atoms. The van der Waals surface area contributed by atoms with Crippen molar-refractivity contribution < 1.29 is 14.4 Å². The van der Waals surface area contributed by atoms with Crippen LogP contribution in [0.5, 0.6) is 0 Å². The number of amides is 3. The molecule has 260 valence electrons. The normalized spacial score (nSPS) is 11.9. The van der Waals surface area contributed by atoms with Gasteiger partial charge in [0.2, 0.25) is 5.91 Å². The number of thiazole rings is 1. The first-order valence-electron chi connectivity index (χ1n) is 16.9. The second-order valence-electron chi connectivity index (χ2n) is 12.5. The molecule has 0 spiro atoms. The molecule has 9 heteroatoms. The molecule has 6 aromatic rings. The Bertz CT molecular complexity index is 2160. The lowest BCUT2D eigenvalue weighted by Crippen LogP contribution is -2.30. The molecule has 5 aromatic carbocycles. The number of rotatable bonds is 12. The molecular weight excluding hydrogens is 685 g/mol. The van der Waals surface area contributed by atoms with Gasteiger partial charge in [-0.05, 0) is 72.0 Å². The molecule has 1 unspecified atom stereocenters. The zero-order valence-electron chi connectivity index (χ0n) is 29.0. The maximum Gasteiger partial charge on any atom is 0.272 e. The number of anilines is 2. The number of hydrogen-bond acceptors (Lipinski definition) is 6. The summed E-state index contributed by atoms with van der Waals surface area (Å²) in [6, 6.07) is 41.7. The fourth-order valence-corrected chi connectivity index (χ4v) is 7.04. The van der Waals surface area contributed by atoms with Gasteiger partial charge in [-0.2, -0.15) is 0 Å². The smallest absolute Gasteiger partial charge is 0.272 e. The van der Waals surface area contributed by atoms with Crippen molar-refractivity contribution in [3.8, 4) is 11.3 Å². The average molecular weight is 723 g/mol. The first-order valence-corrected chi connectivity index (χ1v) is 18.6. The number of carbonyl (C=O) groups excluding carboxylic acids is 3. The van der Waals surface area contributed by atoms with Crippen LogP contribution in [-0.4, -0.2) is 22.7 Å².